The van der Waals surface area contributed by atoms with Crippen LogP contribution in [0.25, 0.3) is 0 Å². The number of hydrogen-bond acceptors (Lipinski definition) is 7. The van der Waals surface area contributed by atoms with E-state index in [9.17, 15) is 14.4 Å². The zero-order chi connectivity index (χ0) is 21.8. The molecular weight excluding hydrogens is 388 g/mol. The first-order valence-corrected chi connectivity index (χ1v) is 11.2. The van der Waals surface area contributed by atoms with Gasteiger partial charge in [-0.2, -0.15) is 0 Å². The van der Waals surface area contributed by atoms with Gasteiger partial charge < -0.3 is 18.9 Å². The van der Waals surface area contributed by atoms with Crippen LogP contribution >= 0.6 is 0 Å². The number of unbranched alkanes of at least 4 members (excludes halogenated alkanes) is 3. The molecule has 2 fully saturated rings. The first kappa shape index (κ1) is 24.5. The first-order valence-electron chi connectivity index (χ1n) is 11.2. The summed E-state index contributed by atoms with van der Waals surface area (Å²) in [4.78, 5) is 33.8. The maximum absolute atomic E-state index is 11.7. The van der Waals surface area contributed by atoms with Gasteiger partial charge in [0.15, 0.2) is 6.29 Å². The topological polar surface area (TPSA) is 88.1 Å². The summed E-state index contributed by atoms with van der Waals surface area (Å²) in [5.41, 5.74) is 0. The fraction of sp³-hybridized carbons (Fsp3) is 0.783. The minimum Gasteiger partial charge on any atom is -0.469 e. The van der Waals surface area contributed by atoms with Crippen molar-refractivity contribution in [3.63, 3.8) is 0 Å². The van der Waals surface area contributed by atoms with Gasteiger partial charge in [-0.05, 0) is 38.2 Å². The maximum atomic E-state index is 11.7. The Kier molecular flexibility index (Phi) is 11.1. The number of esters is 2. The van der Waals surface area contributed by atoms with E-state index in [4.69, 9.17) is 14.2 Å². The molecule has 1 saturated carbocycles. The molecular formula is C23H36O7. The van der Waals surface area contributed by atoms with Crippen molar-refractivity contribution in [3.05, 3.63) is 12.2 Å². The number of aldehydes is 1. The van der Waals surface area contributed by atoms with Crippen molar-refractivity contribution in [1.29, 1.82) is 0 Å². The van der Waals surface area contributed by atoms with Gasteiger partial charge in [-0.15, -0.1) is 0 Å². The van der Waals surface area contributed by atoms with E-state index in [1.165, 1.54) is 20.1 Å². The van der Waals surface area contributed by atoms with Crippen molar-refractivity contribution >= 4 is 18.2 Å². The van der Waals surface area contributed by atoms with Gasteiger partial charge in [0.2, 0.25) is 0 Å². The normalized spacial score (nSPS) is 29.1. The lowest BCUT2D eigenvalue weighted by Gasteiger charge is -2.29. The number of ether oxygens (including phenoxy) is 4. The summed E-state index contributed by atoms with van der Waals surface area (Å²) >= 11 is 0. The van der Waals surface area contributed by atoms with Crippen molar-refractivity contribution in [2.75, 3.05) is 13.7 Å². The Labute approximate surface area is 179 Å². The number of carbonyl (C=O) groups is 3. The Hall–Kier alpha value is -1.73. The zero-order valence-electron chi connectivity index (χ0n) is 18.3. The van der Waals surface area contributed by atoms with Crippen LogP contribution < -0.4 is 0 Å². The SMILES string of the molecule is COC(=O)CCCCCCC1C(OC(C)=O)CC(OC2CCCCO2)C1C=CC=O. The highest BCUT2D eigenvalue weighted by atomic mass is 16.7. The summed E-state index contributed by atoms with van der Waals surface area (Å²) in [6.45, 7) is 2.13. The Balaban J connectivity index is 1.95. The van der Waals surface area contributed by atoms with Gasteiger partial charge in [0.25, 0.3) is 0 Å². The van der Waals surface area contributed by atoms with Crippen LogP contribution in [0.5, 0.6) is 0 Å². The lowest BCUT2D eigenvalue weighted by atomic mass is 9.88. The highest BCUT2D eigenvalue weighted by Gasteiger charge is 2.45. The van der Waals surface area contributed by atoms with Gasteiger partial charge in [0, 0.05) is 38.2 Å². The molecule has 2 rings (SSSR count). The largest absolute Gasteiger partial charge is 0.469 e. The van der Waals surface area contributed by atoms with Crippen LogP contribution in [-0.2, 0) is 33.3 Å². The first-order chi connectivity index (χ1) is 14.5. The number of rotatable bonds is 12. The van der Waals surface area contributed by atoms with Gasteiger partial charge >= 0.3 is 11.9 Å². The van der Waals surface area contributed by atoms with Gasteiger partial charge in [0.1, 0.15) is 12.4 Å². The van der Waals surface area contributed by atoms with Gasteiger partial charge in [-0.25, -0.2) is 0 Å². The molecule has 0 aromatic rings. The van der Waals surface area contributed by atoms with Crippen molar-refractivity contribution < 1.29 is 33.3 Å². The Morgan fingerprint density at radius 2 is 1.90 bits per heavy atom. The molecule has 0 aromatic heterocycles. The highest BCUT2D eigenvalue weighted by Crippen LogP contribution is 2.41. The molecule has 5 unspecified atom stereocenters. The molecule has 0 amide bonds. The van der Waals surface area contributed by atoms with Gasteiger partial charge in [-0.3, -0.25) is 14.4 Å². The molecule has 1 saturated heterocycles. The average molecular weight is 425 g/mol. The van der Waals surface area contributed by atoms with Crippen molar-refractivity contribution in [2.45, 2.75) is 89.6 Å². The van der Waals surface area contributed by atoms with Crippen LogP contribution in [0.1, 0.15) is 71.1 Å². The van der Waals surface area contributed by atoms with E-state index in [1.807, 2.05) is 6.08 Å². The Morgan fingerprint density at radius 1 is 1.10 bits per heavy atom. The molecule has 5 atom stereocenters. The molecule has 1 aliphatic heterocycles. The molecule has 170 valence electrons. The summed E-state index contributed by atoms with van der Waals surface area (Å²) in [5.74, 6) is -0.375. The Bertz CT molecular complexity index is 568. The summed E-state index contributed by atoms with van der Waals surface area (Å²) in [6, 6.07) is 0. The van der Waals surface area contributed by atoms with Crippen LogP contribution in [-0.4, -0.2) is 50.4 Å². The monoisotopic (exact) mass is 424 g/mol. The number of methoxy groups -OCH3 is 1. The van der Waals surface area contributed by atoms with Gasteiger partial charge in [0.05, 0.1) is 13.2 Å². The number of carbonyl (C=O) groups excluding carboxylic acids is 3. The molecule has 0 aromatic carbocycles. The lowest BCUT2D eigenvalue weighted by molar-refractivity contribution is -0.193. The molecule has 1 aliphatic carbocycles. The second-order valence-corrected chi connectivity index (χ2v) is 8.15. The predicted octanol–water partition coefficient (Wildman–Crippen LogP) is 3.73. The number of allylic oxidation sites excluding steroid dienone is 1. The van der Waals surface area contributed by atoms with Crippen LogP contribution in [0.3, 0.4) is 0 Å². The second-order valence-electron chi connectivity index (χ2n) is 8.15. The minimum atomic E-state index is -0.296. The highest BCUT2D eigenvalue weighted by molar-refractivity contribution is 5.69. The smallest absolute Gasteiger partial charge is 0.305 e. The van der Waals surface area contributed by atoms with Crippen LogP contribution in [0.2, 0.25) is 0 Å². The second kappa shape index (κ2) is 13.5. The maximum Gasteiger partial charge on any atom is 0.305 e. The van der Waals surface area contributed by atoms with E-state index in [1.54, 1.807) is 0 Å². The molecule has 7 heteroatoms. The molecule has 1 heterocycles. The minimum absolute atomic E-state index is 0.000135. The lowest BCUT2D eigenvalue weighted by Crippen LogP contribution is -2.30. The van der Waals surface area contributed by atoms with Crippen molar-refractivity contribution in [3.8, 4) is 0 Å². The molecule has 7 nitrogen and oxygen atoms in total. The van der Waals surface area contributed by atoms with Crippen molar-refractivity contribution in [1.82, 2.24) is 0 Å². The molecule has 0 bridgehead atoms. The molecule has 2 aliphatic rings. The van der Waals surface area contributed by atoms with Crippen LogP contribution in [0.15, 0.2) is 12.2 Å². The summed E-state index contributed by atoms with van der Waals surface area (Å²) in [7, 11) is 1.40. The summed E-state index contributed by atoms with van der Waals surface area (Å²) < 4.78 is 22.3. The third-order valence-corrected chi connectivity index (χ3v) is 5.96. The number of hydrogen-bond donors (Lipinski definition) is 0. The fourth-order valence-corrected chi connectivity index (χ4v) is 4.52. The molecule has 0 radical (unpaired) electrons. The summed E-state index contributed by atoms with van der Waals surface area (Å²) in [6.07, 6.45) is 12.2. The van der Waals surface area contributed by atoms with E-state index in [-0.39, 0.29) is 42.3 Å². The van der Waals surface area contributed by atoms with Crippen LogP contribution in [0, 0.1) is 11.8 Å². The van der Waals surface area contributed by atoms with Crippen molar-refractivity contribution in [2.24, 2.45) is 11.8 Å². The Morgan fingerprint density at radius 3 is 2.57 bits per heavy atom. The standard InChI is InChI=1S/C23H36O7/c1-17(25)29-20-16-21(30-23-13-7-8-15-28-23)19(11-9-14-24)18(20)10-5-3-4-6-12-22(26)27-2/h9,11,14,18-21,23H,3-8,10,12-13,15-16H2,1-2H3. The van der Waals surface area contributed by atoms with E-state index in [2.05, 4.69) is 4.74 Å². The van der Waals surface area contributed by atoms with Gasteiger partial charge in [-0.1, -0.05) is 25.3 Å². The molecule has 30 heavy (non-hydrogen) atoms. The van der Waals surface area contributed by atoms with E-state index < -0.39 is 0 Å². The average Bonchev–Trinajstić information content (AvgIpc) is 3.04. The van der Waals surface area contributed by atoms with E-state index >= 15 is 0 Å². The predicted molar refractivity (Wildman–Crippen MR) is 111 cm³/mol. The summed E-state index contributed by atoms with van der Waals surface area (Å²) in [5, 5.41) is 0. The van der Waals surface area contributed by atoms with Crippen LogP contribution in [0.4, 0.5) is 0 Å². The fourth-order valence-electron chi connectivity index (χ4n) is 4.52. The third-order valence-electron chi connectivity index (χ3n) is 5.96. The molecule has 0 spiro atoms. The zero-order valence-corrected chi connectivity index (χ0v) is 18.3. The van der Waals surface area contributed by atoms with E-state index in [0.717, 1.165) is 57.7 Å². The molecule has 0 N–H and O–H groups in total. The van der Waals surface area contributed by atoms with E-state index in [0.29, 0.717) is 19.4 Å². The third kappa shape index (κ3) is 8.19. The quantitative estimate of drug-likeness (QED) is 0.204.